The fraction of sp³-hybridized carbons (Fsp3) is 0.500. The molecule has 2 atom stereocenters. The van der Waals surface area contributed by atoms with Crippen LogP contribution in [0.15, 0.2) is 37.5 Å². The molecule has 1 aliphatic heterocycles. The third-order valence-corrected chi connectivity index (χ3v) is 4.06. The van der Waals surface area contributed by atoms with Crippen LogP contribution in [0.4, 0.5) is 4.79 Å². The Balaban J connectivity index is 2.87. The van der Waals surface area contributed by atoms with Gasteiger partial charge in [-0.2, -0.15) is 8.42 Å². The van der Waals surface area contributed by atoms with Gasteiger partial charge in [0.05, 0.1) is 38.1 Å². The molecule has 10 heteroatoms. The summed E-state index contributed by atoms with van der Waals surface area (Å²) in [5, 5.41) is 1.02. The number of hydrogen-bond acceptors (Lipinski definition) is 7. The summed E-state index contributed by atoms with van der Waals surface area (Å²) >= 11 is 0. The van der Waals surface area contributed by atoms with Crippen molar-refractivity contribution in [2.45, 2.75) is 18.6 Å². The largest absolute Gasteiger partial charge is 0.445 e. The second-order valence-corrected chi connectivity index (χ2v) is 7.22. The number of nitrogens with zero attached hydrogens (tertiary/aromatic N) is 2. The monoisotopic (exact) mass is 388 g/mol. The standard InChI is InChI=1S/C16H24N2O7S/c1-5-7-23-16(20)18-11-14(25-26(4,21)22)9-15(18)13(3)10-17(12-19)24-8-6-2/h5-6,12,14-15H,1-3,7-11H2,4H3. The van der Waals surface area contributed by atoms with E-state index in [-0.39, 0.29) is 32.7 Å². The minimum absolute atomic E-state index is 0.00897. The second kappa shape index (κ2) is 10.1. The van der Waals surface area contributed by atoms with E-state index >= 15 is 0 Å². The molecule has 0 aromatic rings. The quantitative estimate of drug-likeness (QED) is 0.224. The van der Waals surface area contributed by atoms with Crippen LogP contribution in [0.25, 0.3) is 0 Å². The number of rotatable bonds is 11. The van der Waals surface area contributed by atoms with Crippen molar-refractivity contribution in [1.29, 1.82) is 0 Å². The topological polar surface area (TPSA) is 102 Å². The zero-order valence-corrected chi connectivity index (χ0v) is 15.5. The first kappa shape index (κ1) is 21.9. The molecule has 0 aromatic carbocycles. The minimum atomic E-state index is -3.69. The van der Waals surface area contributed by atoms with Gasteiger partial charge in [-0.3, -0.25) is 18.7 Å². The van der Waals surface area contributed by atoms with Crippen LogP contribution in [0.5, 0.6) is 0 Å². The predicted octanol–water partition coefficient (Wildman–Crippen LogP) is 0.860. The Morgan fingerprint density at radius 3 is 2.50 bits per heavy atom. The van der Waals surface area contributed by atoms with Crippen LogP contribution >= 0.6 is 0 Å². The molecule has 0 radical (unpaired) electrons. The van der Waals surface area contributed by atoms with E-state index in [1.165, 1.54) is 17.1 Å². The smallest absolute Gasteiger partial charge is 0.410 e. The highest BCUT2D eigenvalue weighted by Crippen LogP contribution is 2.27. The van der Waals surface area contributed by atoms with Crippen LogP contribution in [0.2, 0.25) is 0 Å². The van der Waals surface area contributed by atoms with Gasteiger partial charge >= 0.3 is 6.09 Å². The number of carbonyl (C=O) groups is 2. The number of carbonyl (C=O) groups excluding carboxylic acids is 2. The molecule has 0 N–H and O–H groups in total. The summed E-state index contributed by atoms with van der Waals surface area (Å²) in [7, 11) is -3.69. The van der Waals surface area contributed by atoms with Crippen molar-refractivity contribution in [3.8, 4) is 0 Å². The van der Waals surface area contributed by atoms with Gasteiger partial charge in [0, 0.05) is 6.42 Å². The fourth-order valence-electron chi connectivity index (χ4n) is 2.48. The lowest BCUT2D eigenvalue weighted by molar-refractivity contribution is -0.165. The van der Waals surface area contributed by atoms with Crippen molar-refractivity contribution in [3.05, 3.63) is 37.5 Å². The molecule has 0 saturated carbocycles. The maximum atomic E-state index is 12.2. The highest BCUT2D eigenvalue weighted by molar-refractivity contribution is 7.86. The minimum Gasteiger partial charge on any atom is -0.445 e. The molecule has 1 saturated heterocycles. The zero-order valence-electron chi connectivity index (χ0n) is 14.7. The van der Waals surface area contributed by atoms with Gasteiger partial charge in [-0.15, -0.1) is 6.58 Å². The zero-order chi connectivity index (χ0) is 19.7. The lowest BCUT2D eigenvalue weighted by Gasteiger charge is -2.27. The van der Waals surface area contributed by atoms with Crippen LogP contribution in [-0.2, 0) is 28.7 Å². The number of hydrogen-bond donors (Lipinski definition) is 0. The normalized spacial score (nSPS) is 19.7. The molecule has 2 amide bonds. The Kier molecular flexibility index (Phi) is 8.49. The molecule has 0 aromatic heterocycles. The second-order valence-electron chi connectivity index (χ2n) is 5.62. The molecule has 0 bridgehead atoms. The molecule has 26 heavy (non-hydrogen) atoms. The number of likely N-dealkylation sites (tertiary alicyclic amines) is 1. The summed E-state index contributed by atoms with van der Waals surface area (Å²) in [4.78, 5) is 29.8. The molecule has 9 nitrogen and oxygen atoms in total. The van der Waals surface area contributed by atoms with Gasteiger partial charge in [0.25, 0.3) is 10.1 Å². The summed E-state index contributed by atoms with van der Waals surface area (Å²) in [6.07, 6.45) is 3.12. The SMILES string of the molecule is C=CCOC(=O)N1CC(OS(C)(=O)=O)CC1C(=C)CN(C=O)OCC=C. The molecule has 1 heterocycles. The van der Waals surface area contributed by atoms with Crippen molar-refractivity contribution >= 4 is 22.6 Å². The number of amides is 2. The van der Waals surface area contributed by atoms with E-state index < -0.39 is 28.4 Å². The fourth-order valence-corrected chi connectivity index (χ4v) is 3.12. The Morgan fingerprint density at radius 1 is 1.31 bits per heavy atom. The Hall–Kier alpha value is -2.17. The molecule has 146 valence electrons. The van der Waals surface area contributed by atoms with Crippen LogP contribution in [-0.4, -0.2) is 75.6 Å². The maximum absolute atomic E-state index is 12.2. The van der Waals surface area contributed by atoms with Gasteiger partial charge in [0.1, 0.15) is 6.61 Å². The average Bonchev–Trinajstić information content (AvgIpc) is 2.98. The van der Waals surface area contributed by atoms with Crippen molar-refractivity contribution in [2.75, 3.05) is 32.6 Å². The van der Waals surface area contributed by atoms with Crippen LogP contribution in [0.1, 0.15) is 6.42 Å². The summed E-state index contributed by atoms with van der Waals surface area (Å²) in [5.74, 6) is 0. The number of ether oxygens (including phenoxy) is 1. The van der Waals surface area contributed by atoms with Crippen molar-refractivity contribution in [2.24, 2.45) is 0 Å². The Labute approximate surface area is 153 Å². The first-order chi connectivity index (χ1) is 12.2. The molecule has 1 aliphatic rings. The van der Waals surface area contributed by atoms with Crippen molar-refractivity contribution in [1.82, 2.24) is 9.96 Å². The molecular formula is C16H24N2O7S. The van der Waals surface area contributed by atoms with Crippen molar-refractivity contribution in [3.63, 3.8) is 0 Å². The molecule has 0 spiro atoms. The molecule has 2 unspecified atom stereocenters. The van der Waals surface area contributed by atoms with Crippen LogP contribution < -0.4 is 0 Å². The van der Waals surface area contributed by atoms with E-state index in [4.69, 9.17) is 13.8 Å². The molecule has 0 aliphatic carbocycles. The maximum Gasteiger partial charge on any atom is 0.410 e. The molecule has 1 fully saturated rings. The van der Waals surface area contributed by atoms with Gasteiger partial charge in [-0.1, -0.05) is 25.3 Å². The van der Waals surface area contributed by atoms with Gasteiger partial charge < -0.3 is 4.74 Å². The van der Waals surface area contributed by atoms with E-state index in [0.29, 0.717) is 12.0 Å². The van der Waals surface area contributed by atoms with E-state index in [1.54, 1.807) is 0 Å². The van der Waals surface area contributed by atoms with Gasteiger partial charge in [-0.25, -0.2) is 9.86 Å². The van der Waals surface area contributed by atoms with Crippen LogP contribution in [0.3, 0.4) is 0 Å². The average molecular weight is 388 g/mol. The lowest BCUT2D eigenvalue weighted by atomic mass is 10.1. The summed E-state index contributed by atoms with van der Waals surface area (Å²) in [6, 6.07) is -0.575. The number of hydroxylamine groups is 2. The first-order valence-electron chi connectivity index (χ1n) is 7.77. The van der Waals surface area contributed by atoms with Crippen molar-refractivity contribution < 1.29 is 31.8 Å². The predicted molar refractivity (Wildman–Crippen MR) is 94.4 cm³/mol. The van der Waals surface area contributed by atoms with E-state index in [0.717, 1.165) is 11.3 Å². The molecular weight excluding hydrogens is 364 g/mol. The summed E-state index contributed by atoms with van der Waals surface area (Å²) in [6.45, 7) is 11.0. The van der Waals surface area contributed by atoms with Gasteiger partial charge in [0.15, 0.2) is 0 Å². The van der Waals surface area contributed by atoms with E-state index in [1.807, 2.05) is 0 Å². The van der Waals surface area contributed by atoms with Crippen LogP contribution in [0, 0.1) is 0 Å². The highest BCUT2D eigenvalue weighted by Gasteiger charge is 2.40. The first-order valence-corrected chi connectivity index (χ1v) is 9.59. The van der Waals surface area contributed by atoms with E-state index in [9.17, 15) is 18.0 Å². The highest BCUT2D eigenvalue weighted by atomic mass is 32.2. The lowest BCUT2D eigenvalue weighted by Crippen LogP contribution is -2.40. The van der Waals surface area contributed by atoms with E-state index in [2.05, 4.69) is 19.7 Å². The summed E-state index contributed by atoms with van der Waals surface area (Å²) in [5.41, 5.74) is 0.469. The van der Waals surface area contributed by atoms with Gasteiger partial charge in [0.2, 0.25) is 6.41 Å². The third kappa shape index (κ3) is 6.98. The Morgan fingerprint density at radius 2 is 1.96 bits per heavy atom. The molecule has 1 rings (SSSR count). The third-order valence-electron chi connectivity index (χ3n) is 3.44. The van der Waals surface area contributed by atoms with Gasteiger partial charge in [-0.05, 0) is 5.57 Å². The summed E-state index contributed by atoms with van der Waals surface area (Å²) < 4.78 is 32.8. The Bertz CT molecular complexity index is 647.